The molecule has 1 aromatic carbocycles. The maximum Gasteiger partial charge on any atom is 0.233 e. The van der Waals surface area contributed by atoms with Gasteiger partial charge in [0.05, 0.1) is 5.25 Å². The first kappa shape index (κ1) is 18.1. The average Bonchev–Trinajstić information content (AvgIpc) is 2.46. The fraction of sp³-hybridized carbons (Fsp3) is 0.611. The highest BCUT2D eigenvalue weighted by Gasteiger charge is 2.21. The third-order valence-electron chi connectivity index (χ3n) is 3.77. The number of hydrogen-bond donors (Lipinski definition) is 2. The van der Waals surface area contributed by atoms with Crippen molar-refractivity contribution in [3.63, 3.8) is 0 Å². The van der Waals surface area contributed by atoms with Crippen molar-refractivity contribution in [2.75, 3.05) is 6.54 Å². The lowest BCUT2D eigenvalue weighted by Crippen LogP contribution is -2.39. The van der Waals surface area contributed by atoms with Crippen molar-refractivity contribution in [3.05, 3.63) is 35.9 Å². The molecule has 1 rings (SSSR count). The van der Waals surface area contributed by atoms with Crippen molar-refractivity contribution < 1.29 is 4.79 Å². The Morgan fingerprint density at radius 3 is 2.52 bits per heavy atom. The number of carbonyl (C=O) groups excluding carboxylic acids is 1. The van der Waals surface area contributed by atoms with Crippen LogP contribution in [0.1, 0.15) is 52.0 Å². The van der Waals surface area contributed by atoms with Gasteiger partial charge in [-0.3, -0.25) is 4.79 Å². The molecule has 0 saturated heterocycles. The summed E-state index contributed by atoms with van der Waals surface area (Å²) in [5, 5.41) is 2.78. The van der Waals surface area contributed by atoms with Gasteiger partial charge in [-0.15, -0.1) is 0 Å². The molecule has 0 aromatic heterocycles. The summed E-state index contributed by atoms with van der Waals surface area (Å²) in [6.07, 6.45) is 5.55. The summed E-state index contributed by atoms with van der Waals surface area (Å²) in [7, 11) is 0. The first-order valence-corrected chi connectivity index (χ1v) is 8.46. The summed E-state index contributed by atoms with van der Waals surface area (Å²) in [4.78, 5) is 12.1. The molecule has 0 heterocycles. The Labute approximate surface area is 135 Å². The molecular formula is C18H29NOS. The van der Waals surface area contributed by atoms with Gasteiger partial charge in [-0.05, 0) is 23.8 Å². The number of rotatable bonds is 9. The number of amides is 1. The van der Waals surface area contributed by atoms with Crippen molar-refractivity contribution in [1.29, 1.82) is 0 Å². The van der Waals surface area contributed by atoms with Crippen LogP contribution >= 0.6 is 12.6 Å². The third-order valence-corrected chi connectivity index (χ3v) is 4.19. The van der Waals surface area contributed by atoms with E-state index < -0.39 is 0 Å². The van der Waals surface area contributed by atoms with Gasteiger partial charge in [-0.1, -0.05) is 70.4 Å². The van der Waals surface area contributed by atoms with Crippen LogP contribution < -0.4 is 5.32 Å². The van der Waals surface area contributed by atoms with Crippen molar-refractivity contribution in [2.45, 2.75) is 58.1 Å². The highest BCUT2D eigenvalue weighted by atomic mass is 32.1. The zero-order valence-corrected chi connectivity index (χ0v) is 14.5. The Morgan fingerprint density at radius 2 is 1.90 bits per heavy atom. The summed E-state index contributed by atoms with van der Waals surface area (Å²) < 4.78 is 0. The van der Waals surface area contributed by atoms with Gasteiger partial charge in [-0.25, -0.2) is 0 Å². The molecule has 21 heavy (non-hydrogen) atoms. The molecule has 0 radical (unpaired) electrons. The van der Waals surface area contributed by atoms with E-state index in [2.05, 4.69) is 38.7 Å². The van der Waals surface area contributed by atoms with E-state index in [4.69, 9.17) is 0 Å². The number of benzene rings is 1. The number of hydrogen-bond acceptors (Lipinski definition) is 2. The van der Waals surface area contributed by atoms with Crippen LogP contribution in [0.5, 0.6) is 0 Å². The molecule has 0 saturated carbocycles. The first-order valence-electron chi connectivity index (χ1n) is 7.94. The molecule has 1 N–H and O–H groups in total. The van der Waals surface area contributed by atoms with E-state index >= 15 is 0 Å². The average molecular weight is 308 g/mol. The smallest absolute Gasteiger partial charge is 0.233 e. The maximum absolute atomic E-state index is 12.1. The zero-order chi connectivity index (χ0) is 15.7. The minimum atomic E-state index is -0.279. The third kappa shape index (κ3) is 7.56. The second kappa shape index (κ2) is 9.14. The minimum absolute atomic E-state index is 0.0331. The highest BCUT2D eigenvalue weighted by Crippen LogP contribution is 2.22. The van der Waals surface area contributed by atoms with Crippen molar-refractivity contribution >= 4 is 18.5 Å². The molecule has 0 aliphatic rings. The zero-order valence-electron chi connectivity index (χ0n) is 13.6. The normalized spacial score (nSPS) is 13.0. The molecule has 1 amide bonds. The van der Waals surface area contributed by atoms with Gasteiger partial charge in [0, 0.05) is 6.54 Å². The Hall–Kier alpha value is -0.960. The van der Waals surface area contributed by atoms with Crippen molar-refractivity contribution in [2.24, 2.45) is 5.41 Å². The van der Waals surface area contributed by atoms with Gasteiger partial charge in [0.15, 0.2) is 0 Å². The molecule has 3 heteroatoms. The molecule has 1 atom stereocenters. The lowest BCUT2D eigenvalue weighted by Gasteiger charge is -2.25. The van der Waals surface area contributed by atoms with Crippen LogP contribution in [-0.2, 0) is 11.2 Å². The summed E-state index contributed by atoms with van der Waals surface area (Å²) in [5.74, 6) is 0.0331. The first-order chi connectivity index (χ1) is 9.94. The van der Waals surface area contributed by atoms with E-state index in [-0.39, 0.29) is 16.6 Å². The molecule has 1 aromatic rings. The molecule has 1 unspecified atom stereocenters. The Kier molecular flexibility index (Phi) is 7.87. The molecule has 0 bridgehead atoms. The lowest BCUT2D eigenvalue weighted by atomic mass is 9.87. The number of nitrogens with one attached hydrogen (secondary N) is 1. The van der Waals surface area contributed by atoms with Crippen LogP contribution in [0.25, 0.3) is 0 Å². The van der Waals surface area contributed by atoms with Crippen LogP contribution in [-0.4, -0.2) is 17.7 Å². The van der Waals surface area contributed by atoms with Crippen LogP contribution in [0, 0.1) is 5.41 Å². The number of carbonyl (C=O) groups is 1. The van der Waals surface area contributed by atoms with E-state index in [0.717, 1.165) is 18.5 Å². The van der Waals surface area contributed by atoms with E-state index in [1.54, 1.807) is 0 Å². The van der Waals surface area contributed by atoms with Gasteiger partial charge in [-0.2, -0.15) is 12.6 Å². The van der Waals surface area contributed by atoms with Gasteiger partial charge in [0.2, 0.25) is 5.91 Å². The molecule has 0 fully saturated rings. The van der Waals surface area contributed by atoms with E-state index in [1.165, 1.54) is 19.3 Å². The summed E-state index contributed by atoms with van der Waals surface area (Å²) in [5.41, 5.74) is 1.31. The van der Waals surface area contributed by atoms with Gasteiger partial charge < -0.3 is 5.32 Å². The maximum atomic E-state index is 12.1. The summed E-state index contributed by atoms with van der Waals surface area (Å²) in [6, 6.07) is 10.0. The predicted octanol–water partition coefficient (Wildman–Crippen LogP) is 4.25. The fourth-order valence-corrected chi connectivity index (χ4v) is 2.62. The molecule has 0 spiro atoms. The second-order valence-electron chi connectivity index (χ2n) is 6.54. The van der Waals surface area contributed by atoms with Gasteiger partial charge >= 0.3 is 0 Å². The van der Waals surface area contributed by atoms with Gasteiger partial charge in [0.1, 0.15) is 0 Å². The highest BCUT2D eigenvalue weighted by molar-refractivity contribution is 7.81. The van der Waals surface area contributed by atoms with Crippen molar-refractivity contribution in [3.8, 4) is 0 Å². The molecule has 118 valence electrons. The summed E-state index contributed by atoms with van der Waals surface area (Å²) in [6.45, 7) is 7.37. The summed E-state index contributed by atoms with van der Waals surface area (Å²) >= 11 is 4.44. The largest absolute Gasteiger partial charge is 0.355 e. The minimum Gasteiger partial charge on any atom is -0.355 e. The quantitative estimate of drug-likeness (QED) is 0.518. The lowest BCUT2D eigenvalue weighted by molar-refractivity contribution is -0.121. The fourth-order valence-electron chi connectivity index (χ4n) is 2.32. The van der Waals surface area contributed by atoms with Crippen LogP contribution in [0.4, 0.5) is 0 Å². The van der Waals surface area contributed by atoms with E-state index in [9.17, 15) is 4.79 Å². The van der Waals surface area contributed by atoms with Crippen LogP contribution in [0.2, 0.25) is 0 Å². The molecular weight excluding hydrogens is 278 g/mol. The Balaban J connectivity index is 2.35. The van der Waals surface area contributed by atoms with Crippen molar-refractivity contribution in [1.82, 2.24) is 5.32 Å². The Bertz CT molecular complexity index is 416. The van der Waals surface area contributed by atoms with Crippen LogP contribution in [0.3, 0.4) is 0 Å². The second-order valence-corrected chi connectivity index (χ2v) is 7.17. The number of unbranched alkanes of at least 4 members (excludes halogenated alkanes) is 2. The molecule has 2 nitrogen and oxygen atoms in total. The monoisotopic (exact) mass is 307 g/mol. The van der Waals surface area contributed by atoms with Crippen LogP contribution in [0.15, 0.2) is 30.3 Å². The molecule has 0 aliphatic heterocycles. The number of thiol groups is 1. The SMILES string of the molecule is CCCCCC(C)(C)CNC(=O)C(S)Cc1ccccc1. The predicted molar refractivity (Wildman–Crippen MR) is 93.9 cm³/mol. The standard InChI is InChI=1S/C18H29NOS/c1-4-5-9-12-18(2,3)14-19-17(20)16(21)13-15-10-7-6-8-11-15/h6-8,10-11,16,21H,4-5,9,12-14H2,1-3H3,(H,19,20). The van der Waals surface area contributed by atoms with E-state index in [1.807, 2.05) is 30.3 Å². The Morgan fingerprint density at radius 1 is 1.24 bits per heavy atom. The topological polar surface area (TPSA) is 29.1 Å². The molecule has 0 aliphatic carbocycles. The van der Waals surface area contributed by atoms with E-state index in [0.29, 0.717) is 6.42 Å². The van der Waals surface area contributed by atoms with Gasteiger partial charge in [0.25, 0.3) is 0 Å².